The van der Waals surface area contributed by atoms with Crippen LogP contribution in [0.15, 0.2) is 42.5 Å². The molecular formula is C17H18FNO4. The van der Waals surface area contributed by atoms with Crippen molar-refractivity contribution >= 4 is 11.6 Å². The molecule has 0 radical (unpaired) electrons. The Bertz CT molecular complexity index is 675. The monoisotopic (exact) mass is 319 g/mol. The van der Waals surface area contributed by atoms with Gasteiger partial charge in [-0.2, -0.15) is 0 Å². The summed E-state index contributed by atoms with van der Waals surface area (Å²) in [6.45, 7) is 0.870. The third kappa shape index (κ3) is 4.69. The van der Waals surface area contributed by atoms with Crippen LogP contribution in [0.4, 0.5) is 10.1 Å². The number of benzene rings is 2. The minimum atomic E-state index is -0.644. The van der Waals surface area contributed by atoms with Crippen molar-refractivity contribution in [1.82, 2.24) is 0 Å². The molecule has 0 heterocycles. The second-order valence-corrected chi connectivity index (χ2v) is 4.67. The van der Waals surface area contributed by atoms with Crippen molar-refractivity contribution in [3.05, 3.63) is 53.8 Å². The highest BCUT2D eigenvalue weighted by atomic mass is 19.1. The van der Waals surface area contributed by atoms with Crippen LogP contribution in [0.3, 0.4) is 0 Å². The average molecular weight is 319 g/mol. The van der Waals surface area contributed by atoms with Gasteiger partial charge in [-0.1, -0.05) is 6.07 Å². The van der Waals surface area contributed by atoms with Gasteiger partial charge in [-0.05, 0) is 24.3 Å². The molecule has 2 aromatic carbocycles. The van der Waals surface area contributed by atoms with Crippen LogP contribution < -0.4 is 14.8 Å². The summed E-state index contributed by atoms with van der Waals surface area (Å²) in [4.78, 5) is 12.2. The minimum Gasteiger partial charge on any atom is -0.497 e. The van der Waals surface area contributed by atoms with Crippen molar-refractivity contribution in [1.29, 1.82) is 0 Å². The van der Waals surface area contributed by atoms with Crippen LogP contribution in [0, 0.1) is 5.82 Å². The number of ether oxygens (including phenoxy) is 3. The lowest BCUT2D eigenvalue weighted by Gasteiger charge is -2.10. The predicted octanol–water partition coefficient (Wildman–Crippen LogP) is 3.11. The molecule has 2 aromatic rings. The SMILES string of the molecule is COCCOc1cccc(NC(=O)c2ccc(OC)cc2F)c1. The molecule has 1 N–H and O–H groups in total. The summed E-state index contributed by atoms with van der Waals surface area (Å²) >= 11 is 0. The standard InChI is InChI=1S/C17H18FNO4/c1-21-8-9-23-14-5-3-4-12(10-14)19-17(20)15-7-6-13(22-2)11-16(15)18/h3-7,10-11H,8-9H2,1-2H3,(H,19,20). The summed E-state index contributed by atoms with van der Waals surface area (Å²) in [5.74, 6) is -0.240. The highest BCUT2D eigenvalue weighted by molar-refractivity contribution is 6.04. The van der Waals surface area contributed by atoms with Crippen LogP contribution in [-0.2, 0) is 4.74 Å². The number of halogens is 1. The van der Waals surface area contributed by atoms with Gasteiger partial charge in [0.05, 0.1) is 19.3 Å². The molecule has 6 heteroatoms. The second kappa shape index (κ2) is 8.14. The summed E-state index contributed by atoms with van der Waals surface area (Å²) in [7, 11) is 3.02. The first-order valence-corrected chi connectivity index (χ1v) is 7.00. The van der Waals surface area contributed by atoms with E-state index in [1.54, 1.807) is 31.4 Å². The molecule has 2 rings (SSSR count). The van der Waals surface area contributed by atoms with E-state index < -0.39 is 11.7 Å². The summed E-state index contributed by atoms with van der Waals surface area (Å²) in [6.07, 6.45) is 0. The molecule has 0 bridgehead atoms. The van der Waals surface area contributed by atoms with Gasteiger partial charge in [-0.3, -0.25) is 4.79 Å². The van der Waals surface area contributed by atoms with Gasteiger partial charge < -0.3 is 19.5 Å². The van der Waals surface area contributed by atoms with E-state index in [0.29, 0.717) is 30.4 Å². The highest BCUT2D eigenvalue weighted by Gasteiger charge is 2.13. The first-order chi connectivity index (χ1) is 11.1. The molecule has 0 saturated carbocycles. The number of methoxy groups -OCH3 is 2. The van der Waals surface area contributed by atoms with Gasteiger partial charge in [0, 0.05) is 24.9 Å². The van der Waals surface area contributed by atoms with Gasteiger partial charge in [0.1, 0.15) is 23.9 Å². The molecule has 23 heavy (non-hydrogen) atoms. The number of nitrogens with one attached hydrogen (secondary N) is 1. The number of rotatable bonds is 7. The maximum absolute atomic E-state index is 13.9. The fourth-order valence-corrected chi connectivity index (χ4v) is 1.91. The minimum absolute atomic E-state index is 0.0588. The topological polar surface area (TPSA) is 56.8 Å². The Morgan fingerprint density at radius 2 is 1.91 bits per heavy atom. The Hall–Kier alpha value is -2.60. The maximum Gasteiger partial charge on any atom is 0.258 e. The molecule has 0 atom stereocenters. The van der Waals surface area contributed by atoms with Gasteiger partial charge in [0.15, 0.2) is 0 Å². The molecule has 122 valence electrons. The maximum atomic E-state index is 13.9. The van der Waals surface area contributed by atoms with Crippen LogP contribution in [0.5, 0.6) is 11.5 Å². The smallest absolute Gasteiger partial charge is 0.258 e. The van der Waals surface area contributed by atoms with Crippen molar-refractivity contribution in [3.8, 4) is 11.5 Å². The third-order valence-corrected chi connectivity index (χ3v) is 3.07. The molecule has 0 aromatic heterocycles. The number of hydrogen-bond donors (Lipinski definition) is 1. The number of carbonyl (C=O) groups excluding carboxylic acids is 1. The van der Waals surface area contributed by atoms with Gasteiger partial charge in [0.2, 0.25) is 0 Å². The zero-order chi connectivity index (χ0) is 16.7. The first kappa shape index (κ1) is 16.8. The Kier molecular flexibility index (Phi) is 5.94. The molecule has 0 aliphatic carbocycles. The Morgan fingerprint density at radius 1 is 1.09 bits per heavy atom. The van der Waals surface area contributed by atoms with Crippen LogP contribution in [0.1, 0.15) is 10.4 Å². The van der Waals surface area contributed by atoms with Gasteiger partial charge in [-0.25, -0.2) is 4.39 Å². The van der Waals surface area contributed by atoms with Crippen LogP contribution in [0.25, 0.3) is 0 Å². The normalized spacial score (nSPS) is 10.2. The Labute approximate surface area is 134 Å². The summed E-state index contributed by atoms with van der Waals surface area (Å²) in [6, 6.07) is 10.9. The zero-order valence-electron chi connectivity index (χ0n) is 13.0. The van der Waals surface area contributed by atoms with Crippen molar-refractivity contribution in [2.75, 3.05) is 32.8 Å². The number of amides is 1. The van der Waals surface area contributed by atoms with Crippen molar-refractivity contribution in [3.63, 3.8) is 0 Å². The van der Waals surface area contributed by atoms with E-state index in [2.05, 4.69) is 5.32 Å². The average Bonchev–Trinajstić information content (AvgIpc) is 2.55. The third-order valence-electron chi connectivity index (χ3n) is 3.07. The molecule has 0 fully saturated rings. The highest BCUT2D eigenvalue weighted by Crippen LogP contribution is 2.20. The van der Waals surface area contributed by atoms with Crippen LogP contribution in [-0.4, -0.2) is 33.3 Å². The zero-order valence-corrected chi connectivity index (χ0v) is 13.0. The summed E-state index contributed by atoms with van der Waals surface area (Å²) < 4.78 is 29.2. The predicted molar refractivity (Wildman–Crippen MR) is 84.7 cm³/mol. The molecule has 0 unspecified atom stereocenters. The van der Waals surface area contributed by atoms with E-state index in [4.69, 9.17) is 14.2 Å². The van der Waals surface area contributed by atoms with E-state index in [-0.39, 0.29) is 5.56 Å². The molecule has 0 spiro atoms. The molecule has 0 aliphatic heterocycles. The van der Waals surface area contributed by atoms with E-state index in [1.807, 2.05) is 0 Å². The first-order valence-electron chi connectivity index (χ1n) is 7.00. The fourth-order valence-electron chi connectivity index (χ4n) is 1.91. The lowest BCUT2D eigenvalue weighted by Crippen LogP contribution is -2.14. The van der Waals surface area contributed by atoms with Crippen molar-refractivity contribution < 1.29 is 23.4 Å². The number of hydrogen-bond acceptors (Lipinski definition) is 4. The number of anilines is 1. The van der Waals surface area contributed by atoms with Crippen LogP contribution >= 0.6 is 0 Å². The lowest BCUT2D eigenvalue weighted by molar-refractivity contribution is 0.102. The summed E-state index contributed by atoms with van der Waals surface area (Å²) in [5.41, 5.74) is 0.455. The van der Waals surface area contributed by atoms with Gasteiger partial charge in [0.25, 0.3) is 5.91 Å². The molecule has 5 nitrogen and oxygen atoms in total. The quantitative estimate of drug-likeness (QED) is 0.797. The van der Waals surface area contributed by atoms with Crippen molar-refractivity contribution in [2.24, 2.45) is 0 Å². The Balaban J connectivity index is 2.06. The lowest BCUT2D eigenvalue weighted by atomic mass is 10.2. The van der Waals surface area contributed by atoms with Crippen molar-refractivity contribution in [2.45, 2.75) is 0 Å². The van der Waals surface area contributed by atoms with Gasteiger partial charge in [-0.15, -0.1) is 0 Å². The molecule has 0 aliphatic rings. The summed E-state index contributed by atoms with van der Waals surface area (Å²) in [5, 5.41) is 2.64. The van der Waals surface area contributed by atoms with E-state index >= 15 is 0 Å². The molecule has 0 saturated heterocycles. The molecular weight excluding hydrogens is 301 g/mol. The molecule has 1 amide bonds. The van der Waals surface area contributed by atoms with E-state index in [0.717, 1.165) is 0 Å². The van der Waals surface area contributed by atoms with Gasteiger partial charge >= 0.3 is 0 Å². The second-order valence-electron chi connectivity index (χ2n) is 4.67. The largest absolute Gasteiger partial charge is 0.497 e. The fraction of sp³-hybridized carbons (Fsp3) is 0.235. The van der Waals surface area contributed by atoms with Crippen LogP contribution in [0.2, 0.25) is 0 Å². The number of carbonyl (C=O) groups is 1. The van der Waals surface area contributed by atoms with E-state index in [1.165, 1.54) is 25.3 Å². The Morgan fingerprint density at radius 3 is 2.61 bits per heavy atom. The van der Waals surface area contributed by atoms with E-state index in [9.17, 15) is 9.18 Å².